The molecule has 0 fully saturated rings. The van der Waals surface area contributed by atoms with Crippen molar-refractivity contribution in [2.24, 2.45) is 0 Å². The predicted molar refractivity (Wildman–Crippen MR) is 87.0 cm³/mol. The highest BCUT2D eigenvalue weighted by molar-refractivity contribution is 7.89. The van der Waals surface area contributed by atoms with Gasteiger partial charge in [-0.1, -0.05) is 0 Å². The van der Waals surface area contributed by atoms with Crippen LogP contribution in [0.5, 0.6) is 5.75 Å². The fourth-order valence-corrected chi connectivity index (χ4v) is 3.30. The molecule has 0 saturated heterocycles. The van der Waals surface area contributed by atoms with Crippen molar-refractivity contribution in [2.75, 3.05) is 34.4 Å². The number of nitrogens with one attached hydrogen (secondary N) is 1. The molecule has 0 heterocycles. The third kappa shape index (κ3) is 5.19. The Labute approximate surface area is 137 Å². The SMILES string of the molecule is COC[C@@H](C)NC(=O)CN(C)S(=O)(=O)c1ccc(OC)c(C)c1. The van der Waals surface area contributed by atoms with Gasteiger partial charge in [0.15, 0.2) is 0 Å². The van der Waals surface area contributed by atoms with Crippen molar-refractivity contribution in [1.82, 2.24) is 9.62 Å². The van der Waals surface area contributed by atoms with E-state index in [2.05, 4.69) is 5.32 Å². The zero-order chi connectivity index (χ0) is 17.6. The molecule has 8 heteroatoms. The Hall–Kier alpha value is -1.64. The summed E-state index contributed by atoms with van der Waals surface area (Å²) in [5.74, 6) is 0.226. The number of benzene rings is 1. The first-order valence-electron chi connectivity index (χ1n) is 7.11. The minimum absolute atomic E-state index is 0.121. The molecule has 0 aliphatic heterocycles. The van der Waals surface area contributed by atoms with E-state index >= 15 is 0 Å². The molecule has 7 nitrogen and oxygen atoms in total. The second kappa shape index (κ2) is 8.28. The van der Waals surface area contributed by atoms with Crippen LogP contribution in [0, 0.1) is 6.92 Å². The summed E-state index contributed by atoms with van der Waals surface area (Å²) in [6, 6.07) is 4.39. The highest BCUT2D eigenvalue weighted by atomic mass is 32.2. The lowest BCUT2D eigenvalue weighted by Gasteiger charge is -2.19. The molecule has 1 N–H and O–H groups in total. The molecule has 0 spiro atoms. The van der Waals surface area contributed by atoms with Crippen LogP contribution in [-0.2, 0) is 19.6 Å². The molecule has 0 bridgehead atoms. The summed E-state index contributed by atoms with van der Waals surface area (Å²) in [7, 11) is 0.682. The van der Waals surface area contributed by atoms with Crippen LogP contribution in [-0.4, -0.2) is 59.1 Å². The number of methoxy groups -OCH3 is 2. The molecule has 23 heavy (non-hydrogen) atoms. The van der Waals surface area contributed by atoms with Gasteiger partial charge in [0, 0.05) is 20.2 Å². The van der Waals surface area contributed by atoms with Gasteiger partial charge in [0.2, 0.25) is 15.9 Å². The number of amides is 1. The number of ether oxygens (including phenoxy) is 2. The van der Waals surface area contributed by atoms with Crippen molar-refractivity contribution in [1.29, 1.82) is 0 Å². The van der Waals surface area contributed by atoms with Gasteiger partial charge in [-0.2, -0.15) is 4.31 Å². The van der Waals surface area contributed by atoms with E-state index in [9.17, 15) is 13.2 Å². The van der Waals surface area contributed by atoms with Crippen LogP contribution in [0.15, 0.2) is 23.1 Å². The monoisotopic (exact) mass is 344 g/mol. The largest absolute Gasteiger partial charge is 0.496 e. The Balaban J connectivity index is 2.83. The maximum atomic E-state index is 12.5. The van der Waals surface area contributed by atoms with Crippen molar-refractivity contribution in [3.8, 4) is 5.75 Å². The lowest BCUT2D eigenvalue weighted by Crippen LogP contribution is -2.43. The Kier molecular flexibility index (Phi) is 6.99. The lowest BCUT2D eigenvalue weighted by atomic mass is 10.2. The normalized spacial score (nSPS) is 13.0. The van der Waals surface area contributed by atoms with Crippen LogP contribution in [0.3, 0.4) is 0 Å². The van der Waals surface area contributed by atoms with Gasteiger partial charge in [-0.05, 0) is 37.6 Å². The fraction of sp³-hybridized carbons (Fsp3) is 0.533. The highest BCUT2D eigenvalue weighted by Gasteiger charge is 2.24. The van der Waals surface area contributed by atoms with Crippen LogP contribution in [0.4, 0.5) is 0 Å². The molecule has 0 saturated carbocycles. The van der Waals surface area contributed by atoms with E-state index in [4.69, 9.17) is 9.47 Å². The molecule has 1 rings (SSSR count). The van der Waals surface area contributed by atoms with Gasteiger partial charge < -0.3 is 14.8 Å². The number of rotatable bonds is 8. The van der Waals surface area contributed by atoms with Crippen LogP contribution in [0.1, 0.15) is 12.5 Å². The van der Waals surface area contributed by atoms with E-state index in [1.165, 1.54) is 33.4 Å². The van der Waals surface area contributed by atoms with Gasteiger partial charge >= 0.3 is 0 Å². The number of carbonyl (C=O) groups is 1. The molecule has 0 aromatic heterocycles. The molecule has 130 valence electrons. The Morgan fingerprint density at radius 2 is 2.00 bits per heavy atom. The molecule has 1 aromatic carbocycles. The predicted octanol–water partition coefficient (Wildman–Crippen LogP) is 0.775. The van der Waals surface area contributed by atoms with E-state index in [1.807, 2.05) is 0 Å². The summed E-state index contributed by atoms with van der Waals surface area (Å²) >= 11 is 0. The fourth-order valence-electron chi connectivity index (χ4n) is 2.09. The minimum atomic E-state index is -3.74. The first kappa shape index (κ1) is 19.4. The number of likely N-dealkylation sites (N-methyl/N-ethyl adjacent to an activating group) is 1. The number of nitrogens with zero attached hydrogens (tertiary/aromatic N) is 1. The average Bonchev–Trinajstić information content (AvgIpc) is 2.46. The second-order valence-electron chi connectivity index (χ2n) is 5.32. The summed E-state index contributed by atoms with van der Waals surface area (Å²) in [6.45, 7) is 3.64. The smallest absolute Gasteiger partial charge is 0.243 e. The minimum Gasteiger partial charge on any atom is -0.496 e. The number of sulfonamides is 1. The first-order valence-corrected chi connectivity index (χ1v) is 8.55. The number of hydrogen-bond acceptors (Lipinski definition) is 5. The molecule has 0 unspecified atom stereocenters. The van der Waals surface area contributed by atoms with Crippen molar-refractivity contribution in [3.05, 3.63) is 23.8 Å². The third-order valence-electron chi connectivity index (χ3n) is 3.26. The molecule has 1 atom stereocenters. The molecule has 1 amide bonds. The second-order valence-corrected chi connectivity index (χ2v) is 7.36. The molecule has 0 radical (unpaired) electrons. The summed E-state index contributed by atoms with van der Waals surface area (Å²) in [5.41, 5.74) is 0.708. The maximum absolute atomic E-state index is 12.5. The molecular formula is C15H24N2O5S. The van der Waals surface area contributed by atoms with Gasteiger partial charge in [0.1, 0.15) is 5.75 Å². The summed E-state index contributed by atoms with van der Waals surface area (Å²) < 4.78 is 36.1. The van der Waals surface area contributed by atoms with E-state index in [0.29, 0.717) is 17.9 Å². The summed E-state index contributed by atoms with van der Waals surface area (Å²) in [5, 5.41) is 2.67. The van der Waals surface area contributed by atoms with Gasteiger partial charge in [-0.3, -0.25) is 4.79 Å². The number of aryl methyl sites for hydroxylation is 1. The summed E-state index contributed by atoms with van der Waals surface area (Å²) in [4.78, 5) is 12.0. The zero-order valence-corrected chi connectivity index (χ0v) is 14.9. The lowest BCUT2D eigenvalue weighted by molar-refractivity contribution is -0.122. The van der Waals surface area contributed by atoms with Crippen LogP contribution >= 0.6 is 0 Å². The molecule has 1 aromatic rings. The number of hydrogen-bond donors (Lipinski definition) is 1. The van der Waals surface area contributed by atoms with E-state index in [0.717, 1.165) is 4.31 Å². The van der Waals surface area contributed by atoms with E-state index in [1.54, 1.807) is 19.9 Å². The Bertz CT molecular complexity index is 645. The molecule has 0 aliphatic rings. The zero-order valence-electron chi connectivity index (χ0n) is 14.1. The van der Waals surface area contributed by atoms with Crippen LogP contribution in [0.2, 0.25) is 0 Å². The Morgan fingerprint density at radius 3 is 2.52 bits per heavy atom. The number of carbonyl (C=O) groups excluding carboxylic acids is 1. The van der Waals surface area contributed by atoms with Gasteiger partial charge in [0.25, 0.3) is 0 Å². The Morgan fingerprint density at radius 1 is 1.35 bits per heavy atom. The van der Waals surface area contributed by atoms with E-state index in [-0.39, 0.29) is 23.4 Å². The van der Waals surface area contributed by atoms with Crippen molar-refractivity contribution in [3.63, 3.8) is 0 Å². The maximum Gasteiger partial charge on any atom is 0.243 e. The van der Waals surface area contributed by atoms with Gasteiger partial charge in [0.05, 0.1) is 25.2 Å². The molecular weight excluding hydrogens is 320 g/mol. The highest BCUT2D eigenvalue weighted by Crippen LogP contribution is 2.23. The van der Waals surface area contributed by atoms with Crippen molar-refractivity contribution in [2.45, 2.75) is 24.8 Å². The standard InChI is InChI=1S/C15H24N2O5S/c1-11-8-13(6-7-14(11)22-5)23(19,20)17(3)9-15(18)16-12(2)10-21-4/h6-8,12H,9-10H2,1-5H3,(H,16,18)/t12-/m1/s1. The van der Waals surface area contributed by atoms with Crippen molar-refractivity contribution >= 4 is 15.9 Å². The quantitative estimate of drug-likeness (QED) is 0.753. The van der Waals surface area contributed by atoms with Gasteiger partial charge in [-0.25, -0.2) is 8.42 Å². The van der Waals surface area contributed by atoms with Gasteiger partial charge in [-0.15, -0.1) is 0 Å². The van der Waals surface area contributed by atoms with Crippen LogP contribution < -0.4 is 10.1 Å². The van der Waals surface area contributed by atoms with E-state index < -0.39 is 10.0 Å². The topological polar surface area (TPSA) is 84.9 Å². The summed E-state index contributed by atoms with van der Waals surface area (Å²) in [6.07, 6.45) is 0. The third-order valence-corrected chi connectivity index (χ3v) is 5.06. The van der Waals surface area contributed by atoms with Crippen LogP contribution in [0.25, 0.3) is 0 Å². The van der Waals surface area contributed by atoms with Crippen molar-refractivity contribution < 1.29 is 22.7 Å². The molecule has 0 aliphatic carbocycles. The average molecular weight is 344 g/mol. The first-order chi connectivity index (χ1) is 10.7.